The molecule has 0 N–H and O–H groups in total. The molecule has 3 nitrogen and oxygen atoms in total. The Bertz CT molecular complexity index is 468. The van der Waals surface area contributed by atoms with Gasteiger partial charge in [-0.1, -0.05) is 43.3 Å². The van der Waals surface area contributed by atoms with Crippen LogP contribution in [0.5, 0.6) is 0 Å². The second kappa shape index (κ2) is 11.0. The van der Waals surface area contributed by atoms with Crippen molar-refractivity contribution in [2.75, 3.05) is 27.2 Å². The third-order valence-corrected chi connectivity index (χ3v) is 3.94. The Hall–Kier alpha value is -1.61. The van der Waals surface area contributed by atoms with E-state index < -0.39 is 0 Å². The van der Waals surface area contributed by atoms with Crippen LogP contribution >= 0.6 is 0 Å². The average Bonchev–Trinajstić information content (AvgIpc) is 2.51. The predicted octanol–water partition coefficient (Wildman–Crippen LogP) is 4.09. The van der Waals surface area contributed by atoms with Gasteiger partial charge in [0, 0.05) is 5.57 Å². The highest BCUT2D eigenvalue weighted by Gasteiger charge is 2.12. The van der Waals surface area contributed by atoms with Crippen molar-refractivity contribution in [1.82, 2.24) is 4.90 Å². The van der Waals surface area contributed by atoms with E-state index in [1.165, 1.54) is 24.8 Å². The van der Waals surface area contributed by atoms with E-state index in [0.29, 0.717) is 18.1 Å². The van der Waals surface area contributed by atoms with E-state index in [1.54, 1.807) is 6.92 Å². The topological polar surface area (TPSA) is 29.5 Å². The molecule has 3 heteroatoms. The molecule has 0 saturated heterocycles. The number of rotatable bonds is 11. The summed E-state index contributed by atoms with van der Waals surface area (Å²) in [5, 5.41) is 0. The minimum absolute atomic E-state index is 0.281. The van der Waals surface area contributed by atoms with E-state index in [-0.39, 0.29) is 5.97 Å². The second-order valence-electron chi connectivity index (χ2n) is 6.56. The van der Waals surface area contributed by atoms with Crippen LogP contribution in [-0.4, -0.2) is 38.1 Å². The van der Waals surface area contributed by atoms with Gasteiger partial charge in [-0.2, -0.15) is 0 Å². The molecular formula is C20H31NO2. The monoisotopic (exact) mass is 317 g/mol. The lowest BCUT2D eigenvalue weighted by Crippen LogP contribution is -2.15. The summed E-state index contributed by atoms with van der Waals surface area (Å²) in [6.45, 7) is 6.91. The van der Waals surface area contributed by atoms with Crippen molar-refractivity contribution in [3.63, 3.8) is 0 Å². The van der Waals surface area contributed by atoms with Crippen LogP contribution < -0.4 is 0 Å². The van der Waals surface area contributed by atoms with Gasteiger partial charge in [0.2, 0.25) is 0 Å². The number of ether oxygens (including phenoxy) is 1. The first-order chi connectivity index (χ1) is 11.0. The summed E-state index contributed by atoms with van der Waals surface area (Å²) in [5.74, 6) is 0.272. The molecule has 1 unspecified atom stereocenters. The first-order valence-corrected chi connectivity index (χ1v) is 8.50. The Kier molecular flexibility index (Phi) is 9.30. The highest BCUT2D eigenvalue weighted by atomic mass is 16.5. The largest absolute Gasteiger partial charge is 0.462 e. The number of benzene rings is 1. The SMILES string of the molecule is C=C(C)C(=O)OCCC(CCCCN(C)C)Cc1ccccc1. The number of hydrogen-bond donors (Lipinski definition) is 0. The third-order valence-electron chi connectivity index (χ3n) is 3.94. The van der Waals surface area contributed by atoms with Crippen LogP contribution in [0.15, 0.2) is 42.5 Å². The zero-order valence-electron chi connectivity index (χ0n) is 14.9. The lowest BCUT2D eigenvalue weighted by molar-refractivity contribution is -0.139. The van der Waals surface area contributed by atoms with Crippen LogP contribution in [-0.2, 0) is 16.0 Å². The highest BCUT2D eigenvalue weighted by Crippen LogP contribution is 2.19. The Morgan fingerprint density at radius 1 is 1.17 bits per heavy atom. The number of nitrogens with zero attached hydrogens (tertiary/aromatic N) is 1. The van der Waals surface area contributed by atoms with Gasteiger partial charge in [0.25, 0.3) is 0 Å². The minimum atomic E-state index is -0.281. The molecular weight excluding hydrogens is 286 g/mol. The molecule has 0 aromatic heterocycles. The normalized spacial score (nSPS) is 12.2. The molecule has 0 spiro atoms. The molecule has 0 bridgehead atoms. The van der Waals surface area contributed by atoms with Gasteiger partial charge < -0.3 is 9.64 Å². The van der Waals surface area contributed by atoms with Gasteiger partial charge in [0.1, 0.15) is 0 Å². The van der Waals surface area contributed by atoms with E-state index in [2.05, 4.69) is 49.8 Å². The van der Waals surface area contributed by atoms with Crippen molar-refractivity contribution in [3.05, 3.63) is 48.0 Å². The van der Waals surface area contributed by atoms with Crippen molar-refractivity contribution in [2.45, 2.75) is 39.0 Å². The Morgan fingerprint density at radius 3 is 2.48 bits per heavy atom. The molecule has 0 aliphatic heterocycles. The number of esters is 1. The van der Waals surface area contributed by atoms with E-state index in [4.69, 9.17) is 4.74 Å². The standard InChI is InChI=1S/C20H31NO2/c1-17(2)20(22)23-15-13-19(12-8-9-14-21(3)4)16-18-10-6-5-7-11-18/h5-7,10-11,19H,1,8-9,12-16H2,2-4H3. The molecule has 0 radical (unpaired) electrons. The lowest BCUT2D eigenvalue weighted by Gasteiger charge is -2.18. The Morgan fingerprint density at radius 2 is 1.87 bits per heavy atom. The predicted molar refractivity (Wildman–Crippen MR) is 96.4 cm³/mol. The molecule has 1 aromatic carbocycles. The third kappa shape index (κ3) is 9.19. The van der Waals surface area contributed by atoms with Gasteiger partial charge in [-0.05, 0) is 64.7 Å². The van der Waals surface area contributed by atoms with Crippen LogP contribution in [0.3, 0.4) is 0 Å². The van der Waals surface area contributed by atoms with Crippen molar-refractivity contribution in [1.29, 1.82) is 0 Å². The molecule has 0 fully saturated rings. The Balaban J connectivity index is 2.43. The number of unbranched alkanes of at least 4 members (excludes halogenated alkanes) is 1. The molecule has 1 rings (SSSR count). The summed E-state index contributed by atoms with van der Waals surface area (Å²) in [4.78, 5) is 13.7. The fourth-order valence-electron chi connectivity index (χ4n) is 2.60. The van der Waals surface area contributed by atoms with Crippen LogP contribution in [0.4, 0.5) is 0 Å². The molecule has 0 aliphatic rings. The summed E-state index contributed by atoms with van der Waals surface area (Å²) < 4.78 is 5.27. The lowest BCUT2D eigenvalue weighted by atomic mass is 9.91. The van der Waals surface area contributed by atoms with E-state index in [0.717, 1.165) is 19.4 Å². The van der Waals surface area contributed by atoms with Crippen molar-refractivity contribution < 1.29 is 9.53 Å². The first kappa shape index (κ1) is 19.4. The van der Waals surface area contributed by atoms with Crippen molar-refractivity contribution >= 4 is 5.97 Å². The molecule has 128 valence electrons. The van der Waals surface area contributed by atoms with Gasteiger partial charge in [-0.15, -0.1) is 0 Å². The molecule has 1 aromatic rings. The number of carbonyl (C=O) groups excluding carboxylic acids is 1. The molecule has 0 heterocycles. The second-order valence-corrected chi connectivity index (χ2v) is 6.56. The average molecular weight is 317 g/mol. The smallest absolute Gasteiger partial charge is 0.333 e. The van der Waals surface area contributed by atoms with Crippen LogP contribution in [0, 0.1) is 5.92 Å². The summed E-state index contributed by atoms with van der Waals surface area (Å²) in [7, 11) is 4.22. The summed E-state index contributed by atoms with van der Waals surface area (Å²) in [5.41, 5.74) is 1.83. The highest BCUT2D eigenvalue weighted by molar-refractivity contribution is 5.86. The first-order valence-electron chi connectivity index (χ1n) is 8.50. The van der Waals surface area contributed by atoms with E-state index >= 15 is 0 Å². The number of hydrogen-bond acceptors (Lipinski definition) is 3. The summed E-state index contributed by atoms with van der Waals surface area (Å²) in [6.07, 6.45) is 5.56. The van der Waals surface area contributed by atoms with E-state index in [1.807, 2.05) is 6.07 Å². The molecule has 0 aliphatic carbocycles. The molecule has 23 heavy (non-hydrogen) atoms. The Labute approximate surface area is 141 Å². The zero-order chi connectivity index (χ0) is 17.1. The maximum Gasteiger partial charge on any atom is 0.333 e. The molecule has 0 saturated carbocycles. The fourth-order valence-corrected chi connectivity index (χ4v) is 2.60. The van der Waals surface area contributed by atoms with Crippen LogP contribution in [0.25, 0.3) is 0 Å². The maximum absolute atomic E-state index is 11.5. The fraction of sp³-hybridized carbons (Fsp3) is 0.550. The molecule has 0 amide bonds. The van der Waals surface area contributed by atoms with Gasteiger partial charge >= 0.3 is 5.97 Å². The zero-order valence-corrected chi connectivity index (χ0v) is 14.9. The van der Waals surface area contributed by atoms with Crippen molar-refractivity contribution in [3.8, 4) is 0 Å². The van der Waals surface area contributed by atoms with Gasteiger partial charge in [0.05, 0.1) is 6.61 Å². The maximum atomic E-state index is 11.5. The minimum Gasteiger partial charge on any atom is -0.462 e. The van der Waals surface area contributed by atoms with Gasteiger partial charge in [0.15, 0.2) is 0 Å². The molecule has 1 atom stereocenters. The van der Waals surface area contributed by atoms with Crippen LogP contribution in [0.1, 0.15) is 38.2 Å². The van der Waals surface area contributed by atoms with Crippen LogP contribution in [0.2, 0.25) is 0 Å². The van der Waals surface area contributed by atoms with Gasteiger partial charge in [-0.3, -0.25) is 0 Å². The summed E-state index contributed by atoms with van der Waals surface area (Å²) in [6, 6.07) is 10.6. The van der Waals surface area contributed by atoms with Gasteiger partial charge in [-0.25, -0.2) is 4.79 Å². The number of carbonyl (C=O) groups is 1. The quantitative estimate of drug-likeness (QED) is 0.350. The van der Waals surface area contributed by atoms with E-state index in [9.17, 15) is 4.79 Å². The summed E-state index contributed by atoms with van der Waals surface area (Å²) >= 11 is 0. The van der Waals surface area contributed by atoms with Crippen molar-refractivity contribution in [2.24, 2.45) is 5.92 Å².